The van der Waals surface area contributed by atoms with Crippen LogP contribution >= 0.6 is 93.4 Å². The second-order valence-electron chi connectivity index (χ2n) is 6.06. The van der Waals surface area contributed by atoms with Gasteiger partial charge in [-0.1, -0.05) is 106 Å². The molecule has 0 aliphatic rings. The molecule has 0 aliphatic heterocycles. The van der Waals surface area contributed by atoms with E-state index in [1.54, 1.807) is 36.4 Å². The zero-order valence-electron chi connectivity index (χ0n) is 16.8. The van der Waals surface area contributed by atoms with E-state index in [2.05, 4.69) is 0 Å². The van der Waals surface area contributed by atoms with Crippen LogP contribution in [-0.4, -0.2) is 16.1 Å². The van der Waals surface area contributed by atoms with Crippen molar-refractivity contribution < 1.29 is 9.90 Å². The van der Waals surface area contributed by atoms with Crippen LogP contribution in [0.4, 0.5) is 0 Å². The van der Waals surface area contributed by atoms with E-state index >= 15 is 0 Å². The van der Waals surface area contributed by atoms with E-state index in [-0.39, 0.29) is 16.4 Å². The third-order valence-electron chi connectivity index (χ3n) is 3.75. The average Bonchev–Trinajstić information content (AvgIpc) is 2.75. The van der Waals surface area contributed by atoms with Gasteiger partial charge in [-0.25, -0.2) is 0 Å². The van der Waals surface area contributed by atoms with E-state index in [0.717, 1.165) is 0 Å². The Bertz CT molecular complexity index is 1210. The Kier molecular flexibility index (Phi) is 13.3. The number of aliphatic carboxylic acids is 1. The fraction of sp³-hybridized carbons (Fsp3) is 0.0455. The monoisotopic (exact) mass is 614 g/mol. The van der Waals surface area contributed by atoms with E-state index < -0.39 is 5.97 Å². The molecule has 0 saturated carbocycles. The topological polar surface area (TPSA) is 87.1 Å². The maximum Gasteiger partial charge on any atom is 0.307 e. The van der Waals surface area contributed by atoms with Crippen LogP contribution < -0.4 is 5.73 Å². The Balaban J connectivity index is 0.000000257. The molecule has 0 atom stereocenters. The highest BCUT2D eigenvalue weighted by atomic mass is 35.5. The molecule has 0 amide bonds. The van der Waals surface area contributed by atoms with Crippen molar-refractivity contribution in [3.05, 3.63) is 100 Å². The number of carbonyl (C=O) groups is 1. The zero-order chi connectivity index (χ0) is 26.0. The predicted molar refractivity (Wildman–Crippen MR) is 146 cm³/mol. The van der Waals surface area contributed by atoms with Gasteiger partial charge in [-0.3, -0.25) is 4.79 Å². The molecule has 3 aromatic rings. The molecule has 34 heavy (non-hydrogen) atoms. The van der Waals surface area contributed by atoms with E-state index in [9.17, 15) is 4.79 Å². The van der Waals surface area contributed by atoms with Gasteiger partial charge in [0.25, 0.3) is 0 Å². The summed E-state index contributed by atoms with van der Waals surface area (Å²) < 4.78 is 0. The lowest BCUT2D eigenvalue weighted by Gasteiger charge is -2.05. The van der Waals surface area contributed by atoms with E-state index in [1.165, 1.54) is 12.1 Å². The Hall–Kier alpha value is -1.46. The second-order valence-corrected chi connectivity index (χ2v) is 9.32. The largest absolute Gasteiger partial charge is 0.481 e. The Morgan fingerprint density at radius 1 is 0.824 bits per heavy atom. The summed E-state index contributed by atoms with van der Waals surface area (Å²) in [5.41, 5.74) is 6.61. The highest BCUT2D eigenvalue weighted by Crippen LogP contribution is 2.31. The number of nitriles is 1. The number of carboxylic acid groups (broad SMARTS) is 1. The molecule has 3 N–H and O–H groups in total. The predicted octanol–water partition coefficient (Wildman–Crippen LogP) is 8.77. The maximum atomic E-state index is 10.4. The van der Waals surface area contributed by atoms with Gasteiger partial charge in [0.15, 0.2) is 0 Å². The van der Waals surface area contributed by atoms with Gasteiger partial charge in [-0.05, 0) is 36.4 Å². The summed E-state index contributed by atoms with van der Waals surface area (Å²) in [6, 6.07) is 15.0. The molecule has 178 valence electrons. The Morgan fingerprint density at radius 2 is 1.26 bits per heavy atom. The summed E-state index contributed by atoms with van der Waals surface area (Å²) in [6.45, 7) is 0. The molecule has 0 radical (unpaired) electrons. The van der Waals surface area contributed by atoms with Gasteiger partial charge >= 0.3 is 5.97 Å². The first-order chi connectivity index (χ1) is 15.9. The van der Waals surface area contributed by atoms with Crippen LogP contribution in [0.25, 0.3) is 0 Å². The van der Waals surface area contributed by atoms with Crippen LogP contribution in [0.2, 0.25) is 35.2 Å². The van der Waals surface area contributed by atoms with Crippen molar-refractivity contribution in [2.75, 3.05) is 0 Å². The first kappa shape index (κ1) is 30.6. The fourth-order valence-electron chi connectivity index (χ4n) is 2.22. The smallest absolute Gasteiger partial charge is 0.307 e. The van der Waals surface area contributed by atoms with Gasteiger partial charge in [-0.2, -0.15) is 5.26 Å². The highest BCUT2D eigenvalue weighted by molar-refractivity contribution is 7.80. The zero-order valence-corrected chi connectivity index (χ0v) is 22.9. The lowest BCUT2D eigenvalue weighted by molar-refractivity contribution is -0.136. The summed E-state index contributed by atoms with van der Waals surface area (Å²) in [7, 11) is 0. The first-order valence-corrected chi connectivity index (χ1v) is 11.9. The molecule has 0 fully saturated rings. The lowest BCUT2D eigenvalue weighted by atomic mass is 10.1. The standard InChI is InChI=1S/C8H5Cl3O2.C7H5Cl2NS.C7H3Cl2N/c9-5-1-2-6(10)8(11)4(5)3-7(12)13;8-4-2-1-3-5(9)6(4)7(10)11;8-6-2-1-3-7(9)5(6)4-10/h1-2H,3H2,(H,12,13);1-3H,(H2,10,11);1-3H. The first-order valence-electron chi connectivity index (χ1n) is 8.82. The Morgan fingerprint density at radius 3 is 1.62 bits per heavy atom. The van der Waals surface area contributed by atoms with Crippen molar-refractivity contribution in [3.8, 4) is 6.07 Å². The van der Waals surface area contributed by atoms with Gasteiger partial charge < -0.3 is 10.8 Å². The number of hydrogen-bond donors (Lipinski definition) is 2. The van der Waals surface area contributed by atoms with Crippen molar-refractivity contribution in [1.82, 2.24) is 0 Å². The lowest BCUT2D eigenvalue weighted by Crippen LogP contribution is -2.10. The summed E-state index contributed by atoms with van der Waals surface area (Å²) in [6.07, 6.45) is -0.224. The van der Waals surface area contributed by atoms with Gasteiger partial charge in [0.2, 0.25) is 0 Å². The van der Waals surface area contributed by atoms with Gasteiger partial charge in [0, 0.05) is 16.1 Å². The van der Waals surface area contributed by atoms with Crippen LogP contribution in [0.15, 0.2) is 48.5 Å². The molecule has 0 bridgehead atoms. The SMILES string of the molecule is N#Cc1c(Cl)cccc1Cl.NC(=S)c1c(Cl)cccc1Cl.O=C(O)Cc1c(Cl)ccc(Cl)c1Cl. The molecule has 4 nitrogen and oxygen atoms in total. The van der Waals surface area contributed by atoms with Crippen molar-refractivity contribution >= 4 is 104 Å². The third kappa shape index (κ3) is 9.30. The van der Waals surface area contributed by atoms with Crippen molar-refractivity contribution in [1.29, 1.82) is 5.26 Å². The molecule has 0 saturated heterocycles. The normalized spacial score (nSPS) is 9.59. The van der Waals surface area contributed by atoms with Crippen molar-refractivity contribution in [2.24, 2.45) is 5.73 Å². The molecule has 0 aromatic heterocycles. The number of thiocarbonyl (C=S) groups is 1. The van der Waals surface area contributed by atoms with Crippen molar-refractivity contribution in [3.63, 3.8) is 0 Å². The summed E-state index contributed by atoms with van der Waals surface area (Å²) in [5.74, 6) is -0.994. The highest BCUT2D eigenvalue weighted by Gasteiger charge is 2.12. The molecule has 0 spiro atoms. The van der Waals surface area contributed by atoms with Crippen molar-refractivity contribution in [2.45, 2.75) is 6.42 Å². The molecule has 0 unspecified atom stereocenters. The quantitative estimate of drug-likeness (QED) is 0.227. The maximum absolute atomic E-state index is 10.4. The van der Waals surface area contributed by atoms with Gasteiger partial charge in [0.05, 0.1) is 42.1 Å². The summed E-state index contributed by atoms with van der Waals surface area (Å²) in [5, 5.41) is 19.6. The number of benzene rings is 3. The molecule has 3 aromatic carbocycles. The number of nitrogens with zero attached hydrogens (tertiary/aromatic N) is 1. The van der Waals surface area contributed by atoms with Gasteiger partial charge in [-0.15, -0.1) is 0 Å². The Labute approximate surface area is 236 Å². The minimum Gasteiger partial charge on any atom is -0.481 e. The van der Waals surface area contributed by atoms with E-state index in [0.29, 0.717) is 46.8 Å². The summed E-state index contributed by atoms with van der Waals surface area (Å²) >= 11 is 44.7. The minimum atomic E-state index is -0.994. The van der Waals surface area contributed by atoms with Crippen LogP contribution in [0.1, 0.15) is 16.7 Å². The average molecular weight is 618 g/mol. The van der Waals surface area contributed by atoms with Gasteiger partial charge in [0.1, 0.15) is 11.1 Å². The van der Waals surface area contributed by atoms with Crippen LogP contribution in [-0.2, 0) is 11.2 Å². The second kappa shape index (κ2) is 14.8. The number of carboxylic acids is 1. The molecule has 0 heterocycles. The number of rotatable bonds is 3. The number of halogens is 7. The number of nitrogens with two attached hydrogens (primary N) is 1. The van der Waals surface area contributed by atoms with Crippen LogP contribution in [0, 0.1) is 11.3 Å². The minimum absolute atomic E-state index is 0.205. The van der Waals surface area contributed by atoms with E-state index in [1.807, 2.05) is 6.07 Å². The third-order valence-corrected chi connectivity index (χ3v) is 6.41. The summed E-state index contributed by atoms with van der Waals surface area (Å²) in [4.78, 5) is 10.6. The van der Waals surface area contributed by atoms with Crippen LogP contribution in [0.5, 0.6) is 0 Å². The molecular weight excluding hydrogens is 604 g/mol. The number of hydrogen-bond acceptors (Lipinski definition) is 3. The fourth-order valence-corrected chi connectivity index (χ4v) is 4.32. The molecule has 0 aliphatic carbocycles. The molecule has 3 rings (SSSR count). The van der Waals surface area contributed by atoms with Crippen LogP contribution in [0.3, 0.4) is 0 Å². The molecule has 12 heteroatoms. The van der Waals surface area contributed by atoms with E-state index in [4.69, 9.17) is 110 Å². The molecular formula is C22H13Cl7N2O2S.